The Morgan fingerprint density at radius 1 is 1.56 bits per heavy atom. The summed E-state index contributed by atoms with van der Waals surface area (Å²) in [6.07, 6.45) is 2.50. The van der Waals surface area contributed by atoms with Crippen molar-refractivity contribution >= 4 is 22.0 Å². The van der Waals surface area contributed by atoms with Crippen LogP contribution in [-0.2, 0) is 11.3 Å². The molecule has 1 aromatic heterocycles. The zero-order valence-corrected chi connectivity index (χ0v) is 11.5. The first-order valence-electron chi connectivity index (χ1n) is 5.85. The van der Waals surface area contributed by atoms with Gasteiger partial charge in [0.1, 0.15) is 0 Å². The zero-order valence-electron chi connectivity index (χ0n) is 9.88. The number of nitrogens with zero attached hydrogens (tertiary/aromatic N) is 2. The predicted octanol–water partition coefficient (Wildman–Crippen LogP) is 2.50. The summed E-state index contributed by atoms with van der Waals surface area (Å²) in [6.45, 7) is 1.55. The molecule has 0 atom stereocenters. The van der Waals surface area contributed by atoms with Crippen LogP contribution in [0.15, 0.2) is 22.8 Å². The second-order valence-electron chi connectivity index (χ2n) is 4.21. The van der Waals surface area contributed by atoms with E-state index in [1.807, 2.05) is 12.1 Å². The minimum absolute atomic E-state index is 0.120. The molecule has 1 N–H and O–H groups in total. The number of rotatable bonds is 3. The molecule has 98 valence electrons. The Balaban J connectivity index is 1.79. The molecule has 1 aliphatic rings. The lowest BCUT2D eigenvalue weighted by molar-refractivity contribution is -0.00116. The first-order valence-corrected chi connectivity index (χ1v) is 6.65. The molecule has 0 unspecified atom stereocenters. The van der Waals surface area contributed by atoms with Gasteiger partial charge in [0.2, 0.25) is 0 Å². The third-order valence-electron chi connectivity index (χ3n) is 3.00. The van der Waals surface area contributed by atoms with Gasteiger partial charge in [0.25, 0.3) is 0 Å². The molecule has 5 nitrogen and oxygen atoms in total. The van der Waals surface area contributed by atoms with Gasteiger partial charge in [-0.3, -0.25) is 4.98 Å². The van der Waals surface area contributed by atoms with Crippen LogP contribution in [-0.4, -0.2) is 40.3 Å². The van der Waals surface area contributed by atoms with Crippen LogP contribution in [0.1, 0.15) is 18.5 Å². The highest BCUT2D eigenvalue weighted by Crippen LogP contribution is 2.18. The Bertz CT molecular complexity index is 420. The van der Waals surface area contributed by atoms with Crippen molar-refractivity contribution in [1.82, 2.24) is 9.88 Å². The van der Waals surface area contributed by atoms with Crippen LogP contribution in [0, 0.1) is 0 Å². The predicted molar refractivity (Wildman–Crippen MR) is 69.3 cm³/mol. The number of aromatic nitrogens is 1. The third-order valence-corrected chi connectivity index (χ3v) is 3.72. The molecule has 1 aliphatic heterocycles. The molecule has 0 spiro atoms. The quantitative estimate of drug-likeness (QED) is 0.931. The normalized spacial score (nSPS) is 16.8. The number of ether oxygens (including phenoxy) is 1. The molecule has 18 heavy (non-hydrogen) atoms. The van der Waals surface area contributed by atoms with Crippen molar-refractivity contribution in [2.24, 2.45) is 0 Å². The van der Waals surface area contributed by atoms with E-state index < -0.39 is 6.09 Å². The maximum atomic E-state index is 10.8. The van der Waals surface area contributed by atoms with Gasteiger partial charge in [-0.2, -0.15) is 0 Å². The van der Waals surface area contributed by atoms with Gasteiger partial charge in [0.05, 0.1) is 18.4 Å². The van der Waals surface area contributed by atoms with Crippen LogP contribution in [0.25, 0.3) is 0 Å². The molecule has 0 radical (unpaired) electrons. The van der Waals surface area contributed by atoms with Crippen LogP contribution in [0.5, 0.6) is 0 Å². The molecule has 6 heteroatoms. The first kappa shape index (κ1) is 13.3. The molecule has 2 rings (SSSR count). The highest BCUT2D eigenvalue weighted by molar-refractivity contribution is 9.10. The molecule has 1 fully saturated rings. The third kappa shape index (κ3) is 3.43. The molecule has 2 heterocycles. The Hall–Kier alpha value is -1.14. The van der Waals surface area contributed by atoms with Gasteiger partial charge in [-0.25, -0.2) is 4.79 Å². The van der Waals surface area contributed by atoms with Gasteiger partial charge >= 0.3 is 6.09 Å². The van der Waals surface area contributed by atoms with Gasteiger partial charge in [0.15, 0.2) is 0 Å². The lowest BCUT2D eigenvalue weighted by Gasteiger charge is -2.29. The average Bonchev–Trinajstić information content (AvgIpc) is 2.38. The second kappa shape index (κ2) is 6.15. The van der Waals surface area contributed by atoms with Gasteiger partial charge in [0, 0.05) is 23.8 Å². The summed E-state index contributed by atoms with van der Waals surface area (Å²) in [5, 5.41) is 8.84. The monoisotopic (exact) mass is 314 g/mol. The molecule has 1 saturated heterocycles. The fourth-order valence-electron chi connectivity index (χ4n) is 1.94. The number of piperidine rings is 1. The van der Waals surface area contributed by atoms with Gasteiger partial charge in [-0.15, -0.1) is 0 Å². The van der Waals surface area contributed by atoms with Gasteiger partial charge < -0.3 is 14.7 Å². The summed E-state index contributed by atoms with van der Waals surface area (Å²) in [7, 11) is 0. The van der Waals surface area contributed by atoms with Crippen LogP contribution in [0.2, 0.25) is 0 Å². The minimum atomic E-state index is -0.846. The van der Waals surface area contributed by atoms with E-state index >= 15 is 0 Å². The Morgan fingerprint density at radius 3 is 2.89 bits per heavy atom. The summed E-state index contributed by atoms with van der Waals surface area (Å²) in [5.74, 6) is 0. The number of amides is 1. The van der Waals surface area contributed by atoms with E-state index in [9.17, 15) is 4.79 Å². The number of pyridine rings is 1. The van der Waals surface area contributed by atoms with Crippen LogP contribution in [0.3, 0.4) is 0 Å². The maximum Gasteiger partial charge on any atom is 0.407 e. The van der Waals surface area contributed by atoms with E-state index in [4.69, 9.17) is 9.84 Å². The van der Waals surface area contributed by atoms with E-state index in [0.29, 0.717) is 19.7 Å². The molecule has 1 aromatic rings. The van der Waals surface area contributed by atoms with Crippen LogP contribution < -0.4 is 0 Å². The molecule has 1 amide bonds. The molecular weight excluding hydrogens is 300 g/mol. The van der Waals surface area contributed by atoms with Crippen molar-refractivity contribution in [2.75, 3.05) is 13.1 Å². The van der Waals surface area contributed by atoms with Crippen LogP contribution in [0.4, 0.5) is 4.79 Å². The number of hydrogen-bond donors (Lipinski definition) is 1. The highest BCUT2D eigenvalue weighted by Gasteiger charge is 2.22. The summed E-state index contributed by atoms with van der Waals surface area (Å²) < 4.78 is 6.70. The summed E-state index contributed by atoms with van der Waals surface area (Å²) in [4.78, 5) is 16.4. The summed E-state index contributed by atoms with van der Waals surface area (Å²) >= 11 is 3.42. The topological polar surface area (TPSA) is 62.7 Å². The smallest absolute Gasteiger partial charge is 0.407 e. The molecular formula is C12H15BrN2O3. The second-order valence-corrected chi connectivity index (χ2v) is 5.07. The standard InChI is InChI=1S/C12H15BrN2O3/c13-10-2-1-5-14-11(10)8-18-9-3-6-15(7-4-9)12(16)17/h1-2,5,9H,3-4,6-8H2,(H,16,17). The van der Waals surface area contributed by atoms with Crippen molar-refractivity contribution in [3.63, 3.8) is 0 Å². The Kier molecular flexibility index (Phi) is 4.54. The van der Waals surface area contributed by atoms with E-state index in [-0.39, 0.29) is 6.10 Å². The number of hydrogen-bond acceptors (Lipinski definition) is 3. The Labute approximate surface area is 114 Å². The lowest BCUT2D eigenvalue weighted by Crippen LogP contribution is -2.40. The SMILES string of the molecule is O=C(O)N1CCC(OCc2ncccc2Br)CC1. The van der Waals surface area contributed by atoms with Crippen molar-refractivity contribution < 1.29 is 14.6 Å². The largest absolute Gasteiger partial charge is 0.465 e. The molecule has 0 aromatic carbocycles. The fraction of sp³-hybridized carbons (Fsp3) is 0.500. The summed E-state index contributed by atoms with van der Waals surface area (Å²) in [6, 6.07) is 3.79. The number of carboxylic acid groups (broad SMARTS) is 1. The highest BCUT2D eigenvalue weighted by atomic mass is 79.9. The first-order chi connectivity index (χ1) is 8.66. The van der Waals surface area contributed by atoms with Crippen molar-refractivity contribution in [1.29, 1.82) is 0 Å². The van der Waals surface area contributed by atoms with Crippen molar-refractivity contribution in [2.45, 2.75) is 25.6 Å². The Morgan fingerprint density at radius 2 is 2.28 bits per heavy atom. The molecule has 0 bridgehead atoms. The van der Waals surface area contributed by atoms with E-state index in [1.54, 1.807) is 6.20 Å². The molecule has 0 aliphatic carbocycles. The average molecular weight is 315 g/mol. The summed E-state index contributed by atoms with van der Waals surface area (Å²) in [5.41, 5.74) is 0.873. The zero-order chi connectivity index (χ0) is 13.0. The lowest BCUT2D eigenvalue weighted by atomic mass is 10.1. The van der Waals surface area contributed by atoms with Crippen molar-refractivity contribution in [3.8, 4) is 0 Å². The maximum absolute atomic E-state index is 10.8. The van der Waals surface area contributed by atoms with Crippen LogP contribution >= 0.6 is 15.9 Å². The number of halogens is 1. The van der Waals surface area contributed by atoms with E-state index in [1.165, 1.54) is 4.90 Å². The number of carbonyl (C=O) groups is 1. The minimum Gasteiger partial charge on any atom is -0.465 e. The van der Waals surface area contributed by atoms with E-state index in [0.717, 1.165) is 23.0 Å². The number of likely N-dealkylation sites (tertiary alicyclic amines) is 1. The van der Waals surface area contributed by atoms with E-state index in [2.05, 4.69) is 20.9 Å². The van der Waals surface area contributed by atoms with Gasteiger partial charge in [-0.1, -0.05) is 0 Å². The van der Waals surface area contributed by atoms with Crippen molar-refractivity contribution in [3.05, 3.63) is 28.5 Å². The fourth-order valence-corrected chi connectivity index (χ4v) is 2.30. The van der Waals surface area contributed by atoms with Gasteiger partial charge in [-0.05, 0) is 40.9 Å². The molecule has 0 saturated carbocycles.